The second-order valence-corrected chi connectivity index (χ2v) is 5.71. The van der Waals surface area contributed by atoms with Crippen molar-refractivity contribution >= 4 is 35.1 Å². The van der Waals surface area contributed by atoms with Crippen molar-refractivity contribution in [1.82, 2.24) is 4.98 Å². The predicted molar refractivity (Wildman–Crippen MR) is 92.4 cm³/mol. The van der Waals surface area contributed by atoms with Crippen molar-refractivity contribution in [2.45, 2.75) is 13.8 Å². The second kappa shape index (κ2) is 7.75. The molecule has 0 spiro atoms. The van der Waals surface area contributed by atoms with Crippen molar-refractivity contribution in [3.63, 3.8) is 0 Å². The monoisotopic (exact) mass is 316 g/mol. The number of anilines is 1. The van der Waals surface area contributed by atoms with E-state index in [9.17, 15) is 4.79 Å². The fourth-order valence-corrected chi connectivity index (χ4v) is 2.85. The first-order valence-corrected chi connectivity index (χ1v) is 8.06. The van der Waals surface area contributed by atoms with Gasteiger partial charge in [-0.25, -0.2) is 9.78 Å². The number of ether oxygens (including phenoxy) is 1. The molecule has 0 saturated carbocycles. The third-order valence-corrected chi connectivity index (χ3v) is 4.29. The van der Waals surface area contributed by atoms with Crippen molar-refractivity contribution in [3.05, 3.63) is 45.9 Å². The van der Waals surface area contributed by atoms with E-state index in [1.807, 2.05) is 12.2 Å². The molecular formula is C17H20N2O2S. The van der Waals surface area contributed by atoms with Crippen molar-refractivity contribution in [2.24, 2.45) is 0 Å². The SMILES string of the molecule is CCN(CC)c1ccc(/C=C/c2ncc(C(=O)OC)s2)cc1. The van der Waals surface area contributed by atoms with Gasteiger partial charge in [-0.2, -0.15) is 0 Å². The van der Waals surface area contributed by atoms with Crippen LogP contribution in [-0.2, 0) is 4.74 Å². The highest BCUT2D eigenvalue weighted by atomic mass is 32.1. The molecule has 0 unspecified atom stereocenters. The Hall–Kier alpha value is -2.14. The van der Waals surface area contributed by atoms with Gasteiger partial charge in [0, 0.05) is 18.8 Å². The Morgan fingerprint density at radius 2 is 1.91 bits per heavy atom. The molecule has 0 saturated heterocycles. The third-order valence-electron chi connectivity index (χ3n) is 3.35. The lowest BCUT2D eigenvalue weighted by Gasteiger charge is -2.20. The number of carbonyl (C=O) groups excluding carboxylic acids is 1. The van der Waals surface area contributed by atoms with Gasteiger partial charge >= 0.3 is 5.97 Å². The third kappa shape index (κ3) is 3.95. The summed E-state index contributed by atoms with van der Waals surface area (Å²) < 4.78 is 4.67. The van der Waals surface area contributed by atoms with Gasteiger partial charge in [0.2, 0.25) is 0 Å². The first-order valence-electron chi connectivity index (χ1n) is 7.25. The molecule has 2 rings (SSSR count). The summed E-state index contributed by atoms with van der Waals surface area (Å²) in [5.41, 5.74) is 2.33. The average Bonchev–Trinajstić information content (AvgIpc) is 3.03. The van der Waals surface area contributed by atoms with E-state index in [1.54, 1.807) is 6.20 Å². The number of hydrogen-bond acceptors (Lipinski definition) is 5. The summed E-state index contributed by atoms with van der Waals surface area (Å²) in [6.45, 7) is 6.31. The second-order valence-electron chi connectivity index (χ2n) is 4.65. The number of methoxy groups -OCH3 is 1. The van der Waals surface area contributed by atoms with Gasteiger partial charge in [0.05, 0.1) is 13.3 Å². The van der Waals surface area contributed by atoms with Crippen LogP contribution >= 0.6 is 11.3 Å². The highest BCUT2D eigenvalue weighted by Crippen LogP contribution is 2.19. The smallest absolute Gasteiger partial charge is 0.349 e. The Morgan fingerprint density at radius 1 is 1.23 bits per heavy atom. The molecule has 0 fully saturated rings. The molecule has 1 aromatic heterocycles. The molecule has 0 N–H and O–H groups in total. The maximum absolute atomic E-state index is 11.4. The maximum Gasteiger partial charge on any atom is 0.349 e. The van der Waals surface area contributed by atoms with E-state index >= 15 is 0 Å². The normalized spacial score (nSPS) is 10.9. The quantitative estimate of drug-likeness (QED) is 0.757. The highest BCUT2D eigenvalue weighted by Gasteiger charge is 2.08. The van der Waals surface area contributed by atoms with Gasteiger partial charge in [-0.3, -0.25) is 0 Å². The fraction of sp³-hybridized carbons (Fsp3) is 0.294. The van der Waals surface area contributed by atoms with Gasteiger partial charge in [-0.1, -0.05) is 18.2 Å². The van der Waals surface area contributed by atoms with Crippen LogP contribution in [0.2, 0.25) is 0 Å². The number of carbonyl (C=O) groups is 1. The summed E-state index contributed by atoms with van der Waals surface area (Å²) in [5, 5.41) is 0.785. The Kier molecular flexibility index (Phi) is 5.72. The molecule has 22 heavy (non-hydrogen) atoms. The van der Waals surface area contributed by atoms with E-state index in [0.29, 0.717) is 4.88 Å². The van der Waals surface area contributed by atoms with E-state index in [4.69, 9.17) is 0 Å². The van der Waals surface area contributed by atoms with Gasteiger partial charge < -0.3 is 9.64 Å². The summed E-state index contributed by atoms with van der Waals surface area (Å²) in [7, 11) is 1.37. The van der Waals surface area contributed by atoms with Crippen molar-refractivity contribution in [2.75, 3.05) is 25.1 Å². The minimum Gasteiger partial charge on any atom is -0.465 e. The standard InChI is InChI=1S/C17H20N2O2S/c1-4-19(5-2)14-9-6-13(7-10-14)8-11-16-18-12-15(22-16)17(20)21-3/h6-12H,4-5H2,1-3H3/b11-8+. The number of nitrogens with zero attached hydrogens (tertiary/aromatic N) is 2. The Labute approximate surface area is 135 Å². The molecule has 4 nitrogen and oxygen atoms in total. The summed E-state index contributed by atoms with van der Waals surface area (Å²) in [5.74, 6) is -0.347. The molecule has 0 radical (unpaired) electrons. The lowest BCUT2D eigenvalue weighted by atomic mass is 10.2. The number of rotatable bonds is 6. The van der Waals surface area contributed by atoms with Crippen LogP contribution in [0.5, 0.6) is 0 Å². The fourth-order valence-electron chi connectivity index (χ4n) is 2.11. The van der Waals surface area contributed by atoms with Gasteiger partial charge in [-0.15, -0.1) is 11.3 Å². The summed E-state index contributed by atoms with van der Waals surface area (Å²) >= 11 is 1.32. The minimum atomic E-state index is -0.347. The average molecular weight is 316 g/mol. The summed E-state index contributed by atoms with van der Waals surface area (Å²) in [6, 6.07) is 8.40. The number of benzene rings is 1. The molecule has 0 atom stereocenters. The van der Waals surface area contributed by atoms with Gasteiger partial charge in [-0.05, 0) is 37.6 Å². The zero-order valence-electron chi connectivity index (χ0n) is 13.1. The van der Waals surface area contributed by atoms with Crippen molar-refractivity contribution in [3.8, 4) is 0 Å². The van der Waals surface area contributed by atoms with Crippen molar-refractivity contribution < 1.29 is 9.53 Å². The van der Waals surface area contributed by atoms with E-state index < -0.39 is 0 Å². The number of aromatic nitrogens is 1. The Balaban J connectivity index is 2.07. The Bertz CT molecular complexity index is 643. The molecule has 1 heterocycles. The summed E-state index contributed by atoms with van der Waals surface area (Å²) in [4.78, 5) is 18.4. The van der Waals surface area contributed by atoms with Crippen LogP contribution in [0.1, 0.15) is 34.1 Å². The molecule has 0 aliphatic rings. The van der Waals surface area contributed by atoms with Crippen LogP contribution in [0.4, 0.5) is 5.69 Å². The molecule has 0 amide bonds. The topological polar surface area (TPSA) is 42.4 Å². The van der Waals surface area contributed by atoms with Gasteiger partial charge in [0.1, 0.15) is 9.88 Å². The maximum atomic E-state index is 11.4. The lowest BCUT2D eigenvalue weighted by Crippen LogP contribution is -2.21. The molecule has 0 bridgehead atoms. The lowest BCUT2D eigenvalue weighted by molar-refractivity contribution is 0.0606. The largest absolute Gasteiger partial charge is 0.465 e. The van der Waals surface area contributed by atoms with Gasteiger partial charge in [0.25, 0.3) is 0 Å². The minimum absolute atomic E-state index is 0.347. The molecular weight excluding hydrogens is 296 g/mol. The molecule has 116 valence electrons. The zero-order chi connectivity index (χ0) is 15.9. The first kappa shape index (κ1) is 16.2. The van der Waals surface area contributed by atoms with E-state index in [2.05, 4.69) is 52.7 Å². The zero-order valence-corrected chi connectivity index (χ0v) is 13.9. The van der Waals surface area contributed by atoms with Crippen LogP contribution in [0.25, 0.3) is 12.2 Å². The van der Waals surface area contributed by atoms with Crippen LogP contribution in [0.15, 0.2) is 30.5 Å². The summed E-state index contributed by atoms with van der Waals surface area (Å²) in [6.07, 6.45) is 5.44. The van der Waals surface area contributed by atoms with Crippen LogP contribution in [-0.4, -0.2) is 31.2 Å². The molecule has 5 heteroatoms. The molecule has 2 aromatic rings. The Morgan fingerprint density at radius 3 is 2.50 bits per heavy atom. The van der Waals surface area contributed by atoms with E-state index in [-0.39, 0.29) is 5.97 Å². The molecule has 0 aliphatic heterocycles. The van der Waals surface area contributed by atoms with E-state index in [0.717, 1.165) is 23.7 Å². The number of hydrogen-bond donors (Lipinski definition) is 0. The van der Waals surface area contributed by atoms with Crippen LogP contribution in [0, 0.1) is 0 Å². The van der Waals surface area contributed by atoms with E-state index in [1.165, 1.54) is 24.1 Å². The molecule has 0 aliphatic carbocycles. The van der Waals surface area contributed by atoms with Crippen molar-refractivity contribution in [1.29, 1.82) is 0 Å². The van der Waals surface area contributed by atoms with Gasteiger partial charge in [0.15, 0.2) is 0 Å². The number of esters is 1. The first-order chi connectivity index (χ1) is 10.7. The van der Waals surface area contributed by atoms with Crippen LogP contribution in [0.3, 0.4) is 0 Å². The molecule has 1 aromatic carbocycles. The van der Waals surface area contributed by atoms with Crippen LogP contribution < -0.4 is 4.90 Å². The highest BCUT2D eigenvalue weighted by molar-refractivity contribution is 7.14. The number of thiazole rings is 1. The predicted octanol–water partition coefficient (Wildman–Crippen LogP) is 3.95.